The minimum atomic E-state index is -0.258. The topological polar surface area (TPSA) is 29.9 Å². The zero-order valence-electron chi connectivity index (χ0n) is 11.4. The molecule has 3 nitrogen and oxygen atoms in total. The molecule has 1 aliphatic rings. The molecule has 20 heavy (non-hydrogen) atoms. The summed E-state index contributed by atoms with van der Waals surface area (Å²) in [6, 6.07) is 5.53. The summed E-state index contributed by atoms with van der Waals surface area (Å²) in [5.41, 5.74) is 1.40. The number of nitrogens with one attached hydrogen (secondary N) is 1. The first kappa shape index (κ1) is 13.6. The standard InChI is InChI=1S/C15H17BrFN3/c1-10-9-20(14-7-6-11(16)8-13(14)17)15(18-10)19-12-4-2-3-5-12/h6-9,12H,2-5H2,1H3,(H,18,19). The van der Waals surface area contributed by atoms with Crippen LogP contribution in [-0.4, -0.2) is 15.6 Å². The van der Waals surface area contributed by atoms with Crippen LogP contribution in [0.1, 0.15) is 31.4 Å². The van der Waals surface area contributed by atoms with Gasteiger partial charge in [-0.3, -0.25) is 4.57 Å². The van der Waals surface area contributed by atoms with Gasteiger partial charge in [0.15, 0.2) is 0 Å². The molecule has 1 N–H and O–H groups in total. The molecule has 0 unspecified atom stereocenters. The van der Waals surface area contributed by atoms with Crippen LogP contribution in [-0.2, 0) is 0 Å². The predicted molar refractivity (Wildman–Crippen MR) is 81.8 cm³/mol. The maximum atomic E-state index is 14.1. The molecular formula is C15H17BrFN3. The van der Waals surface area contributed by atoms with Crippen LogP contribution in [0.15, 0.2) is 28.9 Å². The van der Waals surface area contributed by atoms with E-state index in [0.717, 1.165) is 29.0 Å². The average molecular weight is 338 g/mol. The number of halogens is 2. The van der Waals surface area contributed by atoms with Gasteiger partial charge >= 0.3 is 0 Å². The Bertz CT molecular complexity index is 618. The first-order chi connectivity index (χ1) is 9.63. The van der Waals surface area contributed by atoms with Gasteiger partial charge < -0.3 is 5.32 Å². The molecule has 1 aromatic carbocycles. The molecule has 1 fully saturated rings. The fourth-order valence-electron chi connectivity index (χ4n) is 2.71. The number of rotatable bonds is 3. The van der Waals surface area contributed by atoms with E-state index in [0.29, 0.717) is 11.7 Å². The van der Waals surface area contributed by atoms with Crippen LogP contribution >= 0.6 is 15.9 Å². The van der Waals surface area contributed by atoms with Crippen molar-refractivity contribution in [1.82, 2.24) is 9.55 Å². The van der Waals surface area contributed by atoms with Crippen LogP contribution in [0, 0.1) is 12.7 Å². The first-order valence-corrected chi connectivity index (χ1v) is 7.71. The Kier molecular flexibility index (Phi) is 3.78. The Morgan fingerprint density at radius 2 is 2.10 bits per heavy atom. The maximum Gasteiger partial charge on any atom is 0.208 e. The molecule has 1 aromatic heterocycles. The second-order valence-corrected chi connectivity index (χ2v) is 6.21. The van der Waals surface area contributed by atoms with Crippen LogP contribution in [0.4, 0.5) is 10.3 Å². The van der Waals surface area contributed by atoms with E-state index in [-0.39, 0.29) is 5.82 Å². The van der Waals surface area contributed by atoms with Gasteiger partial charge in [-0.1, -0.05) is 28.8 Å². The fraction of sp³-hybridized carbons (Fsp3) is 0.400. The van der Waals surface area contributed by atoms with E-state index in [1.54, 1.807) is 10.6 Å². The quantitative estimate of drug-likeness (QED) is 0.897. The number of aryl methyl sites for hydroxylation is 1. The summed E-state index contributed by atoms with van der Waals surface area (Å²) in [5.74, 6) is 0.474. The number of hydrogen-bond acceptors (Lipinski definition) is 2. The van der Waals surface area contributed by atoms with Gasteiger partial charge in [0.1, 0.15) is 5.82 Å². The van der Waals surface area contributed by atoms with Gasteiger partial charge in [-0.05, 0) is 38.0 Å². The van der Waals surface area contributed by atoms with Crippen LogP contribution < -0.4 is 5.32 Å². The number of anilines is 1. The number of nitrogens with zero attached hydrogens (tertiary/aromatic N) is 2. The van der Waals surface area contributed by atoms with E-state index in [9.17, 15) is 4.39 Å². The van der Waals surface area contributed by atoms with E-state index < -0.39 is 0 Å². The summed E-state index contributed by atoms with van der Waals surface area (Å²) >= 11 is 3.28. The maximum absolute atomic E-state index is 14.1. The van der Waals surface area contributed by atoms with Crippen molar-refractivity contribution in [2.75, 3.05) is 5.32 Å². The number of benzene rings is 1. The van der Waals surface area contributed by atoms with Crippen LogP contribution in [0.25, 0.3) is 5.69 Å². The smallest absolute Gasteiger partial charge is 0.208 e. The zero-order chi connectivity index (χ0) is 14.1. The minimum absolute atomic E-state index is 0.258. The number of imidazole rings is 1. The molecule has 1 heterocycles. The van der Waals surface area contributed by atoms with Crippen molar-refractivity contribution in [2.24, 2.45) is 0 Å². The average Bonchev–Trinajstić information content (AvgIpc) is 3.00. The van der Waals surface area contributed by atoms with E-state index in [1.165, 1.54) is 18.9 Å². The molecule has 0 bridgehead atoms. The lowest BCUT2D eigenvalue weighted by atomic mass is 10.2. The highest BCUT2D eigenvalue weighted by Crippen LogP contribution is 2.26. The molecular weight excluding hydrogens is 321 g/mol. The van der Waals surface area contributed by atoms with Crippen molar-refractivity contribution in [3.8, 4) is 5.69 Å². The highest BCUT2D eigenvalue weighted by molar-refractivity contribution is 9.10. The van der Waals surface area contributed by atoms with Gasteiger partial charge in [0.25, 0.3) is 0 Å². The van der Waals surface area contributed by atoms with Crippen LogP contribution in [0.5, 0.6) is 0 Å². The molecule has 1 aliphatic carbocycles. The lowest BCUT2D eigenvalue weighted by Crippen LogP contribution is -2.18. The van der Waals surface area contributed by atoms with E-state index in [4.69, 9.17) is 0 Å². The monoisotopic (exact) mass is 337 g/mol. The summed E-state index contributed by atoms with van der Waals surface area (Å²) in [6.07, 6.45) is 6.70. The summed E-state index contributed by atoms with van der Waals surface area (Å²) < 4.78 is 16.7. The van der Waals surface area contributed by atoms with Crippen LogP contribution in [0.2, 0.25) is 0 Å². The molecule has 0 saturated heterocycles. The van der Waals surface area contributed by atoms with E-state index in [1.807, 2.05) is 19.2 Å². The second-order valence-electron chi connectivity index (χ2n) is 5.30. The molecule has 1 saturated carbocycles. The van der Waals surface area contributed by atoms with Gasteiger partial charge in [0.05, 0.1) is 11.4 Å². The SMILES string of the molecule is Cc1cn(-c2ccc(Br)cc2F)c(NC2CCCC2)n1. The number of aromatic nitrogens is 2. The lowest BCUT2D eigenvalue weighted by Gasteiger charge is -2.15. The Morgan fingerprint density at radius 3 is 2.80 bits per heavy atom. The largest absolute Gasteiger partial charge is 0.353 e. The molecule has 0 radical (unpaired) electrons. The molecule has 0 spiro atoms. The highest BCUT2D eigenvalue weighted by atomic mass is 79.9. The third-order valence-corrected chi connectivity index (χ3v) is 4.18. The third kappa shape index (κ3) is 2.73. The van der Waals surface area contributed by atoms with E-state index >= 15 is 0 Å². The van der Waals surface area contributed by atoms with Gasteiger partial charge in [-0.2, -0.15) is 0 Å². The first-order valence-electron chi connectivity index (χ1n) is 6.91. The van der Waals surface area contributed by atoms with Gasteiger partial charge in [-0.25, -0.2) is 9.37 Å². The third-order valence-electron chi connectivity index (χ3n) is 3.68. The summed E-state index contributed by atoms with van der Waals surface area (Å²) in [5, 5.41) is 3.44. The Morgan fingerprint density at radius 1 is 1.35 bits per heavy atom. The molecule has 0 aliphatic heterocycles. The summed E-state index contributed by atoms with van der Waals surface area (Å²) in [6.45, 7) is 1.92. The predicted octanol–water partition coefficient (Wildman–Crippen LogP) is 4.44. The molecule has 106 valence electrons. The lowest BCUT2D eigenvalue weighted by molar-refractivity contribution is 0.616. The minimum Gasteiger partial charge on any atom is -0.353 e. The fourth-order valence-corrected chi connectivity index (χ4v) is 3.05. The molecule has 3 rings (SSSR count). The van der Waals surface area contributed by atoms with Gasteiger partial charge in [0.2, 0.25) is 5.95 Å². The van der Waals surface area contributed by atoms with Crippen molar-refractivity contribution >= 4 is 21.9 Å². The molecule has 0 amide bonds. The molecule has 2 aromatic rings. The zero-order valence-corrected chi connectivity index (χ0v) is 13.0. The van der Waals surface area contributed by atoms with Crippen molar-refractivity contribution < 1.29 is 4.39 Å². The highest BCUT2D eigenvalue weighted by Gasteiger charge is 2.18. The Labute approximate surface area is 126 Å². The van der Waals surface area contributed by atoms with Gasteiger partial charge in [-0.15, -0.1) is 0 Å². The van der Waals surface area contributed by atoms with Crippen molar-refractivity contribution in [3.63, 3.8) is 0 Å². The Hall–Kier alpha value is -1.36. The van der Waals surface area contributed by atoms with Gasteiger partial charge in [0, 0.05) is 16.7 Å². The molecule has 5 heteroatoms. The van der Waals surface area contributed by atoms with Crippen molar-refractivity contribution in [3.05, 3.63) is 40.4 Å². The summed E-state index contributed by atoms with van der Waals surface area (Å²) in [7, 11) is 0. The normalized spacial score (nSPS) is 15.8. The number of hydrogen-bond donors (Lipinski definition) is 1. The van der Waals surface area contributed by atoms with Crippen LogP contribution in [0.3, 0.4) is 0 Å². The van der Waals surface area contributed by atoms with E-state index in [2.05, 4.69) is 26.2 Å². The van der Waals surface area contributed by atoms with Crippen molar-refractivity contribution in [2.45, 2.75) is 38.6 Å². The summed E-state index contributed by atoms with van der Waals surface area (Å²) in [4.78, 5) is 4.49. The second kappa shape index (κ2) is 5.56. The molecule has 0 atom stereocenters. The Balaban J connectivity index is 1.95. The van der Waals surface area contributed by atoms with Crippen molar-refractivity contribution in [1.29, 1.82) is 0 Å².